The largest absolute Gasteiger partial charge is 0.492 e. The van der Waals surface area contributed by atoms with E-state index < -0.39 is 22.0 Å². The number of rotatable bonds is 12. The van der Waals surface area contributed by atoms with E-state index in [2.05, 4.69) is 5.32 Å². The molecule has 206 valence electrons. The van der Waals surface area contributed by atoms with E-state index in [1.807, 2.05) is 61.0 Å². The lowest BCUT2D eigenvalue weighted by Crippen LogP contribution is -2.29. The van der Waals surface area contributed by atoms with Crippen LogP contribution < -0.4 is 14.8 Å². The summed E-state index contributed by atoms with van der Waals surface area (Å²) in [4.78, 5) is 13.2. The topological polar surface area (TPSA) is 105 Å². The Morgan fingerprint density at radius 1 is 1.05 bits per heavy atom. The molecule has 7 nitrogen and oxygen atoms in total. The number of amides is 1. The van der Waals surface area contributed by atoms with E-state index in [-0.39, 0.29) is 17.7 Å². The molecular weight excluding hydrogens is 567 g/mol. The third-order valence-corrected chi connectivity index (χ3v) is 7.03. The van der Waals surface area contributed by atoms with Crippen LogP contribution in [0.25, 0.3) is 11.1 Å². The van der Waals surface area contributed by atoms with Crippen molar-refractivity contribution in [1.82, 2.24) is 10.0 Å². The number of sulfonamides is 1. The number of thioether (sulfide) groups is 1. The van der Waals surface area contributed by atoms with Crippen LogP contribution in [0, 0.1) is 0 Å². The molecule has 11 heteroatoms. The highest BCUT2D eigenvalue weighted by molar-refractivity contribution is 8.00. The van der Waals surface area contributed by atoms with E-state index in [4.69, 9.17) is 16.3 Å². The highest BCUT2D eigenvalue weighted by Crippen LogP contribution is 2.32. The zero-order chi connectivity index (χ0) is 27.0. The van der Waals surface area contributed by atoms with Crippen molar-refractivity contribution in [3.05, 3.63) is 82.9 Å². The molecule has 0 saturated heterocycles. The molecule has 38 heavy (non-hydrogen) atoms. The molecule has 0 aliphatic rings. The highest BCUT2D eigenvalue weighted by atomic mass is 35.5. The molecule has 0 fully saturated rings. The number of halogens is 2. The molecule has 0 saturated carbocycles. The summed E-state index contributed by atoms with van der Waals surface area (Å²) in [6.45, 7) is 5.40. The molecule has 0 unspecified atom stereocenters. The molecule has 3 aromatic rings. The first-order valence-electron chi connectivity index (χ1n) is 11.7. The summed E-state index contributed by atoms with van der Waals surface area (Å²) in [6.07, 6.45) is 0.305. The zero-order valence-electron chi connectivity index (χ0n) is 21.3. The van der Waals surface area contributed by atoms with Gasteiger partial charge in [-0.3, -0.25) is 4.79 Å². The van der Waals surface area contributed by atoms with Gasteiger partial charge in [-0.1, -0.05) is 55.8 Å². The van der Waals surface area contributed by atoms with Gasteiger partial charge in [0.1, 0.15) is 12.4 Å². The van der Waals surface area contributed by atoms with Crippen LogP contribution in [-0.2, 0) is 10.0 Å². The molecule has 0 spiro atoms. The minimum Gasteiger partial charge on any atom is -0.492 e. The van der Waals surface area contributed by atoms with Crippen molar-refractivity contribution in [1.29, 1.82) is 0 Å². The quantitative estimate of drug-likeness (QED) is 0.191. The average molecular weight is 600 g/mol. The second-order valence-corrected chi connectivity index (χ2v) is 12.5. The first kappa shape index (κ1) is 31.9. The van der Waals surface area contributed by atoms with Gasteiger partial charge in [0.2, 0.25) is 10.0 Å². The van der Waals surface area contributed by atoms with E-state index in [1.165, 1.54) is 11.8 Å². The van der Waals surface area contributed by atoms with Gasteiger partial charge in [-0.05, 0) is 53.1 Å². The van der Waals surface area contributed by atoms with Crippen molar-refractivity contribution in [2.75, 3.05) is 26.0 Å². The molecule has 3 N–H and O–H groups in total. The van der Waals surface area contributed by atoms with Crippen LogP contribution in [0.2, 0.25) is 5.02 Å². The normalized spacial score (nSPS) is 12.1. The standard InChI is InChI=1S/C27H31ClN2O5S2.ClH/c1-18(2)36-26-16-20(9-12-24(26)27(32)30-37(3,33)34)19-7-10-23(11-8-19)35-14-13-29-17-25(31)21-5-4-6-22(28)15-21;/h4-12,15-16,18,25,29,31H,13-14,17H2,1-3H3,(H,30,32);1H/t25-;/m0./s1. The summed E-state index contributed by atoms with van der Waals surface area (Å²) in [6, 6.07) is 20.1. The van der Waals surface area contributed by atoms with Gasteiger partial charge in [0.05, 0.1) is 17.9 Å². The van der Waals surface area contributed by atoms with Gasteiger partial charge < -0.3 is 15.2 Å². The van der Waals surface area contributed by atoms with E-state index in [9.17, 15) is 18.3 Å². The van der Waals surface area contributed by atoms with E-state index in [0.717, 1.165) is 22.9 Å². The molecule has 0 heterocycles. The maximum Gasteiger partial charge on any atom is 0.265 e. The Bertz CT molecular complexity index is 1320. The van der Waals surface area contributed by atoms with Crippen LogP contribution in [0.15, 0.2) is 71.6 Å². The van der Waals surface area contributed by atoms with Crippen molar-refractivity contribution in [3.8, 4) is 16.9 Å². The summed E-state index contributed by atoms with van der Waals surface area (Å²) in [5.41, 5.74) is 2.93. The Hall–Kier alpha value is -2.27. The first-order chi connectivity index (χ1) is 17.5. The van der Waals surface area contributed by atoms with Gasteiger partial charge in [0.25, 0.3) is 5.91 Å². The first-order valence-corrected chi connectivity index (χ1v) is 14.9. The molecule has 3 aromatic carbocycles. The number of aliphatic hydroxyl groups is 1. The van der Waals surface area contributed by atoms with Gasteiger partial charge in [0.15, 0.2) is 0 Å². The van der Waals surface area contributed by atoms with E-state index in [0.29, 0.717) is 40.9 Å². The van der Waals surface area contributed by atoms with Crippen molar-refractivity contribution in [2.24, 2.45) is 0 Å². The Morgan fingerprint density at radius 2 is 1.74 bits per heavy atom. The minimum absolute atomic E-state index is 0. The predicted octanol–water partition coefficient (Wildman–Crippen LogP) is 5.32. The van der Waals surface area contributed by atoms with E-state index in [1.54, 1.807) is 24.3 Å². The fourth-order valence-electron chi connectivity index (χ4n) is 3.52. The Kier molecular flexibility index (Phi) is 12.4. The summed E-state index contributed by atoms with van der Waals surface area (Å²) < 4.78 is 30.9. The number of benzene rings is 3. The van der Waals surface area contributed by atoms with Crippen LogP contribution >= 0.6 is 35.8 Å². The Labute approximate surface area is 239 Å². The molecule has 3 rings (SSSR count). The van der Waals surface area contributed by atoms with Crippen LogP contribution in [-0.4, -0.2) is 50.6 Å². The highest BCUT2D eigenvalue weighted by Gasteiger charge is 2.17. The van der Waals surface area contributed by atoms with Gasteiger partial charge >= 0.3 is 0 Å². The second-order valence-electron chi connectivity index (χ2n) is 8.73. The van der Waals surface area contributed by atoms with Crippen LogP contribution in [0.1, 0.15) is 35.9 Å². The SMILES string of the molecule is CC(C)Sc1cc(-c2ccc(OCCNC[C@H](O)c3cccc(Cl)c3)cc2)ccc1C(=O)NS(C)(=O)=O.Cl. The number of carbonyl (C=O) groups is 1. The number of aliphatic hydroxyl groups excluding tert-OH is 1. The molecule has 1 amide bonds. The average Bonchev–Trinajstić information content (AvgIpc) is 2.82. The summed E-state index contributed by atoms with van der Waals surface area (Å²) in [5, 5.41) is 14.2. The number of hydrogen-bond acceptors (Lipinski definition) is 7. The van der Waals surface area contributed by atoms with Crippen molar-refractivity contribution in [3.63, 3.8) is 0 Å². The maximum atomic E-state index is 12.5. The lowest BCUT2D eigenvalue weighted by atomic mass is 10.0. The van der Waals surface area contributed by atoms with Gasteiger partial charge in [-0.15, -0.1) is 24.2 Å². The smallest absolute Gasteiger partial charge is 0.265 e. The van der Waals surface area contributed by atoms with Gasteiger partial charge in [0, 0.05) is 28.3 Å². The fraction of sp³-hybridized carbons (Fsp3) is 0.296. The number of ether oxygens (including phenoxy) is 1. The van der Waals surface area contributed by atoms with Crippen LogP contribution in [0.3, 0.4) is 0 Å². The molecule has 0 bridgehead atoms. The summed E-state index contributed by atoms with van der Waals surface area (Å²) >= 11 is 7.47. The second kappa shape index (κ2) is 14.8. The molecule has 0 aliphatic heterocycles. The van der Waals surface area contributed by atoms with Crippen molar-refractivity contribution < 1.29 is 23.1 Å². The summed E-state index contributed by atoms with van der Waals surface area (Å²) in [5.74, 6) is 0.0662. The predicted molar refractivity (Wildman–Crippen MR) is 157 cm³/mol. The monoisotopic (exact) mass is 598 g/mol. The van der Waals surface area contributed by atoms with Crippen LogP contribution in [0.5, 0.6) is 5.75 Å². The molecule has 0 aliphatic carbocycles. The number of carbonyl (C=O) groups excluding carboxylic acids is 1. The Morgan fingerprint density at radius 3 is 2.37 bits per heavy atom. The molecular formula is C27H32Cl2N2O5S2. The third kappa shape index (κ3) is 10.1. The van der Waals surface area contributed by atoms with Crippen LogP contribution in [0.4, 0.5) is 0 Å². The summed E-state index contributed by atoms with van der Waals surface area (Å²) in [7, 11) is -3.66. The number of nitrogens with one attached hydrogen (secondary N) is 2. The van der Waals surface area contributed by atoms with Gasteiger partial charge in [-0.25, -0.2) is 13.1 Å². The zero-order valence-corrected chi connectivity index (χ0v) is 24.5. The van der Waals surface area contributed by atoms with Gasteiger partial charge in [-0.2, -0.15) is 0 Å². The fourth-order valence-corrected chi connectivity index (χ4v) is 5.16. The Balaban J connectivity index is 0.00000507. The van der Waals surface area contributed by atoms with Crippen molar-refractivity contribution in [2.45, 2.75) is 30.1 Å². The molecule has 0 aromatic heterocycles. The van der Waals surface area contributed by atoms with E-state index >= 15 is 0 Å². The number of hydrogen-bond donors (Lipinski definition) is 3. The minimum atomic E-state index is -3.66. The lowest BCUT2D eigenvalue weighted by Gasteiger charge is -2.14. The lowest BCUT2D eigenvalue weighted by molar-refractivity contribution is 0.0979. The van der Waals surface area contributed by atoms with Crippen molar-refractivity contribution >= 4 is 51.7 Å². The third-order valence-electron chi connectivity index (χ3n) is 5.17. The maximum absolute atomic E-state index is 12.5. The molecule has 0 radical (unpaired) electrons. The molecule has 1 atom stereocenters.